The Bertz CT molecular complexity index is 581. The Labute approximate surface area is 98.9 Å². The summed E-state index contributed by atoms with van der Waals surface area (Å²) in [5, 5.41) is 4.34. The third-order valence-corrected chi connectivity index (χ3v) is 2.58. The normalized spacial score (nSPS) is 10.6. The minimum Gasteiger partial charge on any atom is -0.348 e. The Morgan fingerprint density at radius 1 is 1.18 bits per heavy atom. The van der Waals surface area contributed by atoms with E-state index in [9.17, 15) is 0 Å². The van der Waals surface area contributed by atoms with Crippen molar-refractivity contribution >= 4 is 0 Å². The summed E-state index contributed by atoms with van der Waals surface area (Å²) in [7, 11) is 0. The van der Waals surface area contributed by atoms with Gasteiger partial charge in [0.1, 0.15) is 5.82 Å². The Morgan fingerprint density at radius 2 is 2.06 bits per heavy atom. The van der Waals surface area contributed by atoms with Crippen LogP contribution in [0, 0.1) is 0 Å². The number of aromatic nitrogens is 4. The lowest BCUT2D eigenvalue weighted by molar-refractivity contribution is 0.879. The molecule has 0 saturated heterocycles. The molecule has 84 valence electrons. The van der Waals surface area contributed by atoms with E-state index in [0.29, 0.717) is 0 Å². The summed E-state index contributed by atoms with van der Waals surface area (Å²) in [4.78, 5) is 7.29. The third kappa shape index (κ3) is 2.10. The van der Waals surface area contributed by atoms with E-state index >= 15 is 0 Å². The fourth-order valence-electron chi connectivity index (χ4n) is 1.76. The van der Waals surface area contributed by atoms with Crippen molar-refractivity contribution < 1.29 is 0 Å². The van der Waals surface area contributed by atoms with Crippen molar-refractivity contribution in [3.63, 3.8) is 0 Å². The van der Waals surface area contributed by atoms with Gasteiger partial charge in [-0.05, 0) is 17.7 Å². The number of nitrogens with one attached hydrogen (secondary N) is 1. The molecule has 0 aliphatic heterocycles. The summed E-state index contributed by atoms with van der Waals surface area (Å²) in [5.74, 6) is 0.956. The first-order valence-electron chi connectivity index (χ1n) is 5.49. The molecule has 2 aromatic heterocycles. The van der Waals surface area contributed by atoms with Crippen LogP contribution < -0.4 is 0 Å². The lowest BCUT2D eigenvalue weighted by atomic mass is 10.2. The van der Waals surface area contributed by atoms with Crippen molar-refractivity contribution in [2.24, 2.45) is 0 Å². The number of aromatic amines is 1. The molecule has 4 heteroatoms. The number of nitrogens with zero attached hydrogens (tertiary/aromatic N) is 3. The van der Waals surface area contributed by atoms with Gasteiger partial charge in [0.2, 0.25) is 0 Å². The van der Waals surface area contributed by atoms with Crippen LogP contribution in [0.1, 0.15) is 11.4 Å². The van der Waals surface area contributed by atoms with Crippen molar-refractivity contribution in [2.45, 2.75) is 6.42 Å². The quantitative estimate of drug-likeness (QED) is 0.741. The molecule has 1 aromatic carbocycles. The predicted octanol–water partition coefficient (Wildman–Crippen LogP) is 2.19. The highest BCUT2D eigenvalue weighted by molar-refractivity contribution is 5.31. The van der Waals surface area contributed by atoms with Gasteiger partial charge in [-0.25, -0.2) is 9.67 Å². The molecule has 0 radical (unpaired) electrons. The first-order valence-corrected chi connectivity index (χ1v) is 5.49. The molecule has 0 saturated carbocycles. The highest BCUT2D eigenvalue weighted by Crippen LogP contribution is 2.09. The first-order chi connectivity index (χ1) is 8.42. The molecule has 1 N–H and O–H groups in total. The second-order valence-corrected chi connectivity index (χ2v) is 3.84. The lowest BCUT2D eigenvalue weighted by Gasteiger charge is -1.98. The molecule has 4 nitrogen and oxygen atoms in total. The lowest BCUT2D eigenvalue weighted by Crippen LogP contribution is -1.93. The Hall–Kier alpha value is -2.36. The van der Waals surface area contributed by atoms with Crippen molar-refractivity contribution in [3.05, 3.63) is 66.5 Å². The molecule has 0 bridgehead atoms. The fourth-order valence-corrected chi connectivity index (χ4v) is 1.76. The van der Waals surface area contributed by atoms with E-state index in [2.05, 4.69) is 15.1 Å². The standard InChI is InChI=1S/C13H12N4/c1-2-4-12(5-3-1)17-10-11(9-16-17)8-13-14-6-7-15-13/h1-7,9-10H,8H2,(H,14,15). The van der Waals surface area contributed by atoms with Gasteiger partial charge in [0.05, 0.1) is 11.9 Å². The molecule has 0 unspecified atom stereocenters. The van der Waals surface area contributed by atoms with Crippen molar-refractivity contribution in [1.29, 1.82) is 0 Å². The van der Waals surface area contributed by atoms with E-state index < -0.39 is 0 Å². The molecule has 0 atom stereocenters. The Morgan fingerprint density at radius 3 is 2.82 bits per heavy atom. The molecule has 3 aromatic rings. The minimum absolute atomic E-state index is 0.778. The second-order valence-electron chi connectivity index (χ2n) is 3.84. The molecule has 17 heavy (non-hydrogen) atoms. The fraction of sp³-hybridized carbons (Fsp3) is 0.0769. The Balaban J connectivity index is 1.84. The van der Waals surface area contributed by atoms with Gasteiger partial charge in [0, 0.05) is 25.0 Å². The van der Waals surface area contributed by atoms with Crippen LogP contribution in [0.15, 0.2) is 55.1 Å². The van der Waals surface area contributed by atoms with Crippen molar-refractivity contribution in [1.82, 2.24) is 19.7 Å². The summed E-state index contributed by atoms with van der Waals surface area (Å²) in [5.41, 5.74) is 2.21. The minimum atomic E-state index is 0.778. The first kappa shape index (κ1) is 9.84. The molecular formula is C13H12N4. The van der Waals surface area contributed by atoms with Gasteiger partial charge in [-0.3, -0.25) is 0 Å². The van der Waals surface area contributed by atoms with Crippen LogP contribution in [0.4, 0.5) is 0 Å². The van der Waals surface area contributed by atoms with Crippen molar-refractivity contribution in [2.75, 3.05) is 0 Å². The number of benzene rings is 1. The van der Waals surface area contributed by atoms with Crippen molar-refractivity contribution in [3.8, 4) is 5.69 Å². The van der Waals surface area contributed by atoms with E-state index in [1.807, 2.05) is 53.6 Å². The number of para-hydroxylation sites is 1. The van der Waals surface area contributed by atoms with Gasteiger partial charge in [-0.1, -0.05) is 18.2 Å². The van der Waals surface area contributed by atoms with Crippen LogP contribution in [0.3, 0.4) is 0 Å². The van der Waals surface area contributed by atoms with Gasteiger partial charge in [0.25, 0.3) is 0 Å². The van der Waals surface area contributed by atoms with E-state index in [-0.39, 0.29) is 0 Å². The molecule has 0 aliphatic carbocycles. The third-order valence-electron chi connectivity index (χ3n) is 2.58. The number of hydrogen-bond acceptors (Lipinski definition) is 2. The summed E-state index contributed by atoms with van der Waals surface area (Å²) >= 11 is 0. The molecule has 0 aliphatic rings. The number of H-pyrrole nitrogens is 1. The molecule has 0 fully saturated rings. The van der Waals surface area contributed by atoms with Crippen LogP contribution in [-0.4, -0.2) is 19.7 Å². The summed E-state index contributed by atoms with van der Waals surface area (Å²) in [6.45, 7) is 0. The SMILES string of the molecule is c1ccc(-n2cc(Cc3ncc[nH]3)cn2)cc1. The molecule has 0 amide bonds. The number of imidazole rings is 1. The number of hydrogen-bond donors (Lipinski definition) is 1. The smallest absolute Gasteiger partial charge is 0.110 e. The van der Waals surface area contributed by atoms with E-state index in [1.165, 1.54) is 0 Å². The van der Waals surface area contributed by atoms with Crippen LogP contribution in [0.25, 0.3) is 5.69 Å². The largest absolute Gasteiger partial charge is 0.348 e. The van der Waals surface area contributed by atoms with Crippen LogP contribution >= 0.6 is 0 Å². The molecule has 0 spiro atoms. The Kier molecular flexibility index (Phi) is 2.46. The highest BCUT2D eigenvalue weighted by atomic mass is 15.3. The number of rotatable bonds is 3. The van der Waals surface area contributed by atoms with Gasteiger partial charge in [-0.2, -0.15) is 5.10 Å². The summed E-state index contributed by atoms with van der Waals surface area (Å²) in [6, 6.07) is 10.1. The van der Waals surface area contributed by atoms with Gasteiger partial charge in [-0.15, -0.1) is 0 Å². The molecule has 2 heterocycles. The summed E-state index contributed by atoms with van der Waals surface area (Å²) in [6.07, 6.45) is 8.26. The predicted molar refractivity (Wildman–Crippen MR) is 65.0 cm³/mol. The summed E-state index contributed by atoms with van der Waals surface area (Å²) < 4.78 is 1.87. The van der Waals surface area contributed by atoms with E-state index in [0.717, 1.165) is 23.5 Å². The zero-order valence-corrected chi connectivity index (χ0v) is 9.24. The van der Waals surface area contributed by atoms with Gasteiger partial charge >= 0.3 is 0 Å². The van der Waals surface area contributed by atoms with Crippen LogP contribution in [0.2, 0.25) is 0 Å². The zero-order valence-electron chi connectivity index (χ0n) is 9.24. The van der Waals surface area contributed by atoms with E-state index in [1.54, 1.807) is 6.20 Å². The average Bonchev–Trinajstić information content (AvgIpc) is 3.02. The zero-order chi connectivity index (χ0) is 11.5. The van der Waals surface area contributed by atoms with Crippen LogP contribution in [-0.2, 0) is 6.42 Å². The van der Waals surface area contributed by atoms with Gasteiger partial charge in [0.15, 0.2) is 0 Å². The maximum absolute atomic E-state index is 4.34. The highest BCUT2D eigenvalue weighted by Gasteiger charge is 2.02. The second kappa shape index (κ2) is 4.25. The molecular weight excluding hydrogens is 212 g/mol. The molecule has 3 rings (SSSR count). The van der Waals surface area contributed by atoms with E-state index in [4.69, 9.17) is 0 Å². The maximum atomic E-state index is 4.34. The maximum Gasteiger partial charge on any atom is 0.110 e. The topological polar surface area (TPSA) is 46.5 Å². The van der Waals surface area contributed by atoms with Gasteiger partial charge < -0.3 is 4.98 Å². The monoisotopic (exact) mass is 224 g/mol. The average molecular weight is 224 g/mol. The van der Waals surface area contributed by atoms with Crippen LogP contribution in [0.5, 0.6) is 0 Å².